The molecule has 0 spiro atoms. The number of carbonyl (C=O) groups excluding carboxylic acids is 1. The molecule has 1 rings (SSSR count). The standard InChI is InChI=1S/C7H12F2N2O3/c8-7(9,3-10)6(13)11-4-1-14-2-5(4)12/h4-5,12H,1-3,10H2,(H,11,13)/t4-,5-/m1/s1. The van der Waals surface area contributed by atoms with E-state index in [-0.39, 0.29) is 13.2 Å². The highest BCUT2D eigenvalue weighted by Gasteiger charge is 2.40. The van der Waals surface area contributed by atoms with Crippen molar-refractivity contribution in [1.29, 1.82) is 0 Å². The van der Waals surface area contributed by atoms with E-state index in [1.165, 1.54) is 0 Å². The first-order valence-corrected chi connectivity index (χ1v) is 4.12. The number of aliphatic hydroxyl groups is 1. The molecule has 0 unspecified atom stereocenters. The van der Waals surface area contributed by atoms with Crippen LogP contribution in [0.15, 0.2) is 0 Å². The number of amides is 1. The van der Waals surface area contributed by atoms with Gasteiger partial charge in [0.2, 0.25) is 0 Å². The van der Waals surface area contributed by atoms with E-state index in [1.54, 1.807) is 0 Å². The third-order valence-electron chi connectivity index (χ3n) is 1.96. The average Bonchev–Trinajstić information content (AvgIpc) is 2.52. The van der Waals surface area contributed by atoms with Crippen LogP contribution in [0.5, 0.6) is 0 Å². The summed E-state index contributed by atoms with van der Waals surface area (Å²) in [7, 11) is 0. The second-order valence-corrected chi connectivity index (χ2v) is 3.09. The van der Waals surface area contributed by atoms with Crippen molar-refractivity contribution >= 4 is 5.91 Å². The number of ether oxygens (including phenoxy) is 1. The number of hydrogen-bond donors (Lipinski definition) is 3. The van der Waals surface area contributed by atoms with E-state index in [9.17, 15) is 13.6 Å². The highest BCUT2D eigenvalue weighted by molar-refractivity contribution is 5.83. The maximum Gasteiger partial charge on any atom is 0.336 e. The molecule has 2 atom stereocenters. The number of nitrogens with one attached hydrogen (secondary N) is 1. The monoisotopic (exact) mass is 210 g/mol. The van der Waals surface area contributed by atoms with Crippen LogP contribution in [-0.4, -0.2) is 48.8 Å². The lowest BCUT2D eigenvalue weighted by Gasteiger charge is -2.18. The number of aliphatic hydroxyl groups excluding tert-OH is 1. The summed E-state index contributed by atoms with van der Waals surface area (Å²) in [5, 5.41) is 11.1. The Morgan fingerprint density at radius 2 is 2.29 bits per heavy atom. The van der Waals surface area contributed by atoms with Crippen LogP contribution in [0.3, 0.4) is 0 Å². The lowest BCUT2D eigenvalue weighted by atomic mass is 10.2. The predicted octanol–water partition coefficient (Wildman–Crippen LogP) is -1.54. The van der Waals surface area contributed by atoms with E-state index >= 15 is 0 Å². The van der Waals surface area contributed by atoms with Crippen molar-refractivity contribution in [2.45, 2.75) is 18.1 Å². The van der Waals surface area contributed by atoms with Crippen molar-refractivity contribution in [2.75, 3.05) is 19.8 Å². The lowest BCUT2D eigenvalue weighted by molar-refractivity contribution is -0.145. The molecule has 0 aromatic rings. The minimum Gasteiger partial charge on any atom is -0.388 e. The normalized spacial score (nSPS) is 27.7. The van der Waals surface area contributed by atoms with Gasteiger partial charge < -0.3 is 20.9 Å². The van der Waals surface area contributed by atoms with Gasteiger partial charge in [0, 0.05) is 0 Å². The van der Waals surface area contributed by atoms with Gasteiger partial charge in [0.1, 0.15) is 0 Å². The van der Waals surface area contributed by atoms with E-state index in [1.807, 2.05) is 5.32 Å². The molecule has 1 aliphatic rings. The molecule has 7 heteroatoms. The first-order chi connectivity index (χ1) is 6.47. The Hall–Kier alpha value is -0.790. The summed E-state index contributed by atoms with van der Waals surface area (Å²) in [6, 6.07) is -0.778. The molecule has 4 N–H and O–H groups in total. The zero-order valence-electron chi connectivity index (χ0n) is 7.37. The molecule has 0 radical (unpaired) electrons. The van der Waals surface area contributed by atoms with Crippen LogP contribution < -0.4 is 11.1 Å². The number of alkyl halides is 2. The maximum absolute atomic E-state index is 12.7. The Morgan fingerprint density at radius 1 is 1.64 bits per heavy atom. The number of hydrogen-bond acceptors (Lipinski definition) is 4. The SMILES string of the molecule is NCC(F)(F)C(=O)N[C@@H]1COC[C@H]1O. The maximum atomic E-state index is 12.7. The zero-order chi connectivity index (χ0) is 10.8. The van der Waals surface area contributed by atoms with E-state index in [2.05, 4.69) is 0 Å². The van der Waals surface area contributed by atoms with Gasteiger partial charge in [-0.15, -0.1) is 0 Å². The largest absolute Gasteiger partial charge is 0.388 e. The Morgan fingerprint density at radius 3 is 2.71 bits per heavy atom. The molecule has 0 aliphatic carbocycles. The predicted molar refractivity (Wildman–Crippen MR) is 42.8 cm³/mol. The Balaban J connectivity index is 2.48. The fourth-order valence-electron chi connectivity index (χ4n) is 1.05. The highest BCUT2D eigenvalue weighted by Crippen LogP contribution is 2.13. The fraction of sp³-hybridized carbons (Fsp3) is 0.857. The summed E-state index contributed by atoms with van der Waals surface area (Å²) in [5.74, 6) is -5.07. The molecule has 0 bridgehead atoms. The van der Waals surface area contributed by atoms with Crippen LogP contribution in [-0.2, 0) is 9.53 Å². The van der Waals surface area contributed by atoms with Gasteiger partial charge in [0.15, 0.2) is 0 Å². The van der Waals surface area contributed by atoms with Crippen LogP contribution in [0.2, 0.25) is 0 Å². The quantitative estimate of drug-likeness (QED) is 0.527. The van der Waals surface area contributed by atoms with Crippen LogP contribution in [0.1, 0.15) is 0 Å². The number of nitrogens with two attached hydrogens (primary N) is 1. The van der Waals surface area contributed by atoms with Crippen molar-refractivity contribution in [3.05, 3.63) is 0 Å². The molecule has 1 fully saturated rings. The second kappa shape index (κ2) is 4.16. The molecule has 1 heterocycles. The van der Waals surface area contributed by atoms with E-state index in [0.717, 1.165) is 0 Å². The van der Waals surface area contributed by atoms with Crippen LogP contribution in [0.25, 0.3) is 0 Å². The summed E-state index contributed by atoms with van der Waals surface area (Å²) in [4.78, 5) is 10.9. The Labute approximate surface area is 79.2 Å². The molecule has 1 saturated heterocycles. The van der Waals surface area contributed by atoms with Gasteiger partial charge in [0.25, 0.3) is 5.91 Å². The van der Waals surface area contributed by atoms with E-state index in [4.69, 9.17) is 15.6 Å². The first kappa shape index (κ1) is 11.3. The molecule has 14 heavy (non-hydrogen) atoms. The van der Waals surface area contributed by atoms with Gasteiger partial charge in [-0.05, 0) is 0 Å². The van der Waals surface area contributed by atoms with Crippen LogP contribution in [0.4, 0.5) is 8.78 Å². The lowest BCUT2D eigenvalue weighted by Crippen LogP contribution is -2.52. The van der Waals surface area contributed by atoms with Crippen molar-refractivity contribution in [1.82, 2.24) is 5.32 Å². The minimum atomic E-state index is -3.59. The van der Waals surface area contributed by atoms with Crippen LogP contribution >= 0.6 is 0 Å². The molecule has 82 valence electrons. The van der Waals surface area contributed by atoms with Gasteiger partial charge in [-0.2, -0.15) is 8.78 Å². The van der Waals surface area contributed by atoms with Crippen molar-refractivity contribution in [2.24, 2.45) is 5.73 Å². The average molecular weight is 210 g/mol. The van der Waals surface area contributed by atoms with Gasteiger partial charge in [-0.3, -0.25) is 4.79 Å². The number of halogens is 2. The van der Waals surface area contributed by atoms with Gasteiger partial charge in [-0.1, -0.05) is 0 Å². The van der Waals surface area contributed by atoms with Crippen molar-refractivity contribution < 1.29 is 23.4 Å². The molecule has 1 aliphatic heterocycles. The molecule has 0 aromatic carbocycles. The van der Waals surface area contributed by atoms with E-state index < -0.39 is 30.5 Å². The smallest absolute Gasteiger partial charge is 0.336 e. The molecular weight excluding hydrogens is 198 g/mol. The topological polar surface area (TPSA) is 84.6 Å². The molecule has 1 amide bonds. The summed E-state index contributed by atoms with van der Waals surface area (Å²) < 4.78 is 30.1. The van der Waals surface area contributed by atoms with Crippen molar-refractivity contribution in [3.8, 4) is 0 Å². The Kier molecular flexibility index (Phi) is 3.35. The number of carbonyl (C=O) groups is 1. The van der Waals surface area contributed by atoms with Gasteiger partial charge in [-0.25, -0.2) is 0 Å². The zero-order valence-corrected chi connectivity index (χ0v) is 7.37. The second-order valence-electron chi connectivity index (χ2n) is 3.09. The molecule has 0 saturated carbocycles. The van der Waals surface area contributed by atoms with Crippen LogP contribution in [0, 0.1) is 0 Å². The summed E-state index contributed by atoms with van der Waals surface area (Å²) in [6.45, 7) is -0.977. The molecule has 5 nitrogen and oxygen atoms in total. The van der Waals surface area contributed by atoms with Gasteiger partial charge in [0.05, 0.1) is 31.9 Å². The summed E-state index contributed by atoms with van der Waals surface area (Å²) >= 11 is 0. The first-order valence-electron chi connectivity index (χ1n) is 4.12. The minimum absolute atomic E-state index is 0.0353. The van der Waals surface area contributed by atoms with Crippen molar-refractivity contribution in [3.63, 3.8) is 0 Å². The van der Waals surface area contributed by atoms with E-state index in [0.29, 0.717) is 0 Å². The molecular formula is C7H12F2N2O3. The fourth-order valence-corrected chi connectivity index (χ4v) is 1.05. The third kappa shape index (κ3) is 2.37. The third-order valence-corrected chi connectivity index (χ3v) is 1.96. The number of rotatable bonds is 3. The molecule has 0 aromatic heterocycles. The summed E-state index contributed by atoms with van der Waals surface area (Å²) in [6.07, 6.45) is -0.937. The Bertz CT molecular complexity index is 225. The van der Waals surface area contributed by atoms with Gasteiger partial charge >= 0.3 is 5.92 Å². The highest BCUT2D eigenvalue weighted by atomic mass is 19.3. The summed E-state index contributed by atoms with van der Waals surface area (Å²) in [5.41, 5.74) is 4.71.